The molecular formula is C18H25NO5. The smallest absolute Gasteiger partial charge is 0.302 e. The Bertz CT molecular complexity index is 548. The van der Waals surface area contributed by atoms with E-state index in [1.807, 2.05) is 30.3 Å². The maximum atomic E-state index is 11.2. The first-order chi connectivity index (χ1) is 11.5. The Morgan fingerprint density at radius 2 is 1.75 bits per heavy atom. The minimum atomic E-state index is -0.339. The number of hydrogen-bond donors (Lipinski definition) is 1. The van der Waals surface area contributed by atoms with E-state index in [1.54, 1.807) is 0 Å². The molecule has 6 heteroatoms. The van der Waals surface area contributed by atoms with Crippen LogP contribution in [0.5, 0.6) is 0 Å². The summed E-state index contributed by atoms with van der Waals surface area (Å²) in [6, 6.07) is 9.80. The predicted octanol–water partition coefficient (Wildman–Crippen LogP) is 1.36. The molecule has 1 aliphatic heterocycles. The van der Waals surface area contributed by atoms with E-state index >= 15 is 0 Å². The number of aliphatic hydroxyl groups is 1. The Hall–Kier alpha value is -1.92. The van der Waals surface area contributed by atoms with Crippen LogP contribution in [0.1, 0.15) is 25.8 Å². The highest BCUT2D eigenvalue weighted by molar-refractivity contribution is 5.66. The molecular weight excluding hydrogens is 310 g/mol. The molecule has 0 aromatic heterocycles. The lowest BCUT2D eigenvalue weighted by Crippen LogP contribution is -2.42. The van der Waals surface area contributed by atoms with Crippen LogP contribution < -0.4 is 0 Å². The van der Waals surface area contributed by atoms with Gasteiger partial charge in [-0.3, -0.25) is 14.5 Å². The van der Waals surface area contributed by atoms with E-state index in [-0.39, 0.29) is 49.8 Å². The monoisotopic (exact) mass is 335 g/mol. The van der Waals surface area contributed by atoms with Crippen LogP contribution in [0.25, 0.3) is 0 Å². The van der Waals surface area contributed by atoms with Crippen molar-refractivity contribution in [2.75, 3.05) is 19.8 Å². The van der Waals surface area contributed by atoms with E-state index in [2.05, 4.69) is 4.90 Å². The third kappa shape index (κ3) is 5.04. The zero-order valence-electron chi connectivity index (χ0n) is 14.2. The zero-order valence-corrected chi connectivity index (χ0v) is 14.2. The van der Waals surface area contributed by atoms with Crippen LogP contribution in [0, 0.1) is 5.92 Å². The summed E-state index contributed by atoms with van der Waals surface area (Å²) < 4.78 is 10.4. The summed E-state index contributed by atoms with van der Waals surface area (Å²) in [4.78, 5) is 24.5. The topological polar surface area (TPSA) is 76.1 Å². The molecule has 1 aliphatic rings. The molecule has 2 rings (SSSR count). The quantitative estimate of drug-likeness (QED) is 0.759. The van der Waals surface area contributed by atoms with E-state index in [4.69, 9.17) is 9.47 Å². The van der Waals surface area contributed by atoms with Gasteiger partial charge in [-0.25, -0.2) is 0 Å². The number of ether oxygens (including phenoxy) is 2. The molecule has 3 atom stereocenters. The normalized spacial score (nSPS) is 23.9. The molecule has 1 aromatic carbocycles. The standard InChI is InChI=1S/C18H25NO5/c1-13(21)23-11-16-8-17(10-20)19(18(16)12-24-14(2)22)9-15-6-4-3-5-7-15/h3-7,16-18,20H,8-12H2,1-2H3/t16-,17+,18-/m0/s1. The van der Waals surface area contributed by atoms with Gasteiger partial charge in [-0.05, 0) is 12.0 Å². The molecule has 6 nitrogen and oxygen atoms in total. The second kappa shape index (κ2) is 8.80. The van der Waals surface area contributed by atoms with Crippen molar-refractivity contribution in [1.29, 1.82) is 0 Å². The fraction of sp³-hybridized carbons (Fsp3) is 0.556. The van der Waals surface area contributed by atoms with Gasteiger partial charge in [0.2, 0.25) is 0 Å². The lowest BCUT2D eigenvalue weighted by atomic mass is 10.0. The molecule has 24 heavy (non-hydrogen) atoms. The SMILES string of the molecule is CC(=O)OC[C@@H]1C[C@H](CO)N(Cc2ccccc2)[C@H]1COC(C)=O. The first-order valence-electron chi connectivity index (χ1n) is 8.18. The van der Waals surface area contributed by atoms with E-state index in [0.717, 1.165) is 5.56 Å². The van der Waals surface area contributed by atoms with Gasteiger partial charge < -0.3 is 14.6 Å². The Balaban J connectivity index is 2.14. The third-order valence-electron chi connectivity index (χ3n) is 4.39. The van der Waals surface area contributed by atoms with Crippen LogP contribution >= 0.6 is 0 Å². The van der Waals surface area contributed by atoms with Crippen molar-refractivity contribution in [1.82, 2.24) is 4.90 Å². The molecule has 1 N–H and O–H groups in total. The molecule has 0 radical (unpaired) electrons. The maximum absolute atomic E-state index is 11.2. The zero-order chi connectivity index (χ0) is 17.5. The fourth-order valence-corrected chi connectivity index (χ4v) is 3.24. The number of aliphatic hydroxyl groups excluding tert-OH is 1. The number of benzene rings is 1. The van der Waals surface area contributed by atoms with Crippen LogP contribution in [-0.4, -0.2) is 53.8 Å². The van der Waals surface area contributed by atoms with Crippen LogP contribution in [0.4, 0.5) is 0 Å². The molecule has 0 amide bonds. The lowest BCUT2D eigenvalue weighted by Gasteiger charge is -2.30. The van der Waals surface area contributed by atoms with Crippen molar-refractivity contribution in [3.8, 4) is 0 Å². The van der Waals surface area contributed by atoms with E-state index in [1.165, 1.54) is 13.8 Å². The van der Waals surface area contributed by atoms with Gasteiger partial charge in [-0.1, -0.05) is 30.3 Å². The minimum absolute atomic E-state index is 0.0139. The summed E-state index contributed by atoms with van der Waals surface area (Å²) in [5, 5.41) is 9.75. The predicted molar refractivity (Wildman–Crippen MR) is 88.0 cm³/mol. The highest BCUT2D eigenvalue weighted by atomic mass is 16.5. The van der Waals surface area contributed by atoms with E-state index < -0.39 is 0 Å². The Kier molecular flexibility index (Phi) is 6.75. The van der Waals surface area contributed by atoms with Gasteiger partial charge in [-0.15, -0.1) is 0 Å². The summed E-state index contributed by atoms with van der Waals surface area (Å²) >= 11 is 0. The molecule has 1 saturated heterocycles. The van der Waals surface area contributed by atoms with Gasteiger partial charge in [-0.2, -0.15) is 0 Å². The van der Waals surface area contributed by atoms with Gasteiger partial charge in [0, 0.05) is 32.4 Å². The second-order valence-electron chi connectivity index (χ2n) is 6.16. The van der Waals surface area contributed by atoms with Crippen molar-refractivity contribution in [3.63, 3.8) is 0 Å². The minimum Gasteiger partial charge on any atom is -0.466 e. The van der Waals surface area contributed by atoms with Gasteiger partial charge in [0.15, 0.2) is 0 Å². The van der Waals surface area contributed by atoms with Crippen molar-refractivity contribution < 1.29 is 24.2 Å². The van der Waals surface area contributed by atoms with Crippen molar-refractivity contribution in [3.05, 3.63) is 35.9 Å². The molecule has 0 aliphatic carbocycles. The Morgan fingerprint density at radius 3 is 2.33 bits per heavy atom. The highest BCUT2D eigenvalue weighted by Crippen LogP contribution is 2.32. The first-order valence-corrected chi connectivity index (χ1v) is 8.18. The summed E-state index contributed by atoms with van der Waals surface area (Å²) in [7, 11) is 0. The highest BCUT2D eigenvalue weighted by Gasteiger charge is 2.41. The number of likely N-dealkylation sites (tertiary alicyclic amines) is 1. The molecule has 0 bridgehead atoms. The molecule has 0 saturated carbocycles. The molecule has 0 spiro atoms. The summed E-state index contributed by atoms with van der Waals surface area (Å²) in [6.45, 7) is 3.91. The van der Waals surface area contributed by atoms with Crippen molar-refractivity contribution in [2.45, 2.75) is 38.9 Å². The maximum Gasteiger partial charge on any atom is 0.302 e. The largest absolute Gasteiger partial charge is 0.466 e. The van der Waals surface area contributed by atoms with Gasteiger partial charge >= 0.3 is 11.9 Å². The number of carbonyl (C=O) groups is 2. The van der Waals surface area contributed by atoms with Crippen LogP contribution in [0.3, 0.4) is 0 Å². The lowest BCUT2D eigenvalue weighted by molar-refractivity contribution is -0.146. The van der Waals surface area contributed by atoms with Gasteiger partial charge in [0.1, 0.15) is 6.61 Å². The van der Waals surface area contributed by atoms with Crippen LogP contribution in [0.15, 0.2) is 30.3 Å². The number of rotatable bonds is 7. The molecule has 1 fully saturated rings. The number of esters is 2. The van der Waals surface area contributed by atoms with E-state index in [9.17, 15) is 14.7 Å². The van der Waals surface area contributed by atoms with Crippen molar-refractivity contribution >= 4 is 11.9 Å². The first kappa shape index (κ1) is 18.4. The molecule has 1 heterocycles. The van der Waals surface area contributed by atoms with E-state index in [0.29, 0.717) is 13.0 Å². The van der Waals surface area contributed by atoms with Crippen LogP contribution in [0.2, 0.25) is 0 Å². The Labute approximate surface area is 142 Å². The van der Waals surface area contributed by atoms with Crippen LogP contribution in [-0.2, 0) is 25.6 Å². The Morgan fingerprint density at radius 1 is 1.12 bits per heavy atom. The third-order valence-corrected chi connectivity index (χ3v) is 4.39. The van der Waals surface area contributed by atoms with Crippen molar-refractivity contribution in [2.24, 2.45) is 5.92 Å². The summed E-state index contributed by atoms with van der Waals surface area (Å²) in [6.07, 6.45) is 0.697. The fourth-order valence-electron chi connectivity index (χ4n) is 3.24. The number of hydrogen-bond acceptors (Lipinski definition) is 6. The average Bonchev–Trinajstić information content (AvgIpc) is 2.88. The average molecular weight is 335 g/mol. The number of nitrogens with zero attached hydrogens (tertiary/aromatic N) is 1. The molecule has 1 aromatic rings. The molecule has 132 valence electrons. The second-order valence-corrected chi connectivity index (χ2v) is 6.16. The van der Waals surface area contributed by atoms with Gasteiger partial charge in [0.25, 0.3) is 0 Å². The van der Waals surface area contributed by atoms with Gasteiger partial charge in [0.05, 0.1) is 19.3 Å². The molecule has 0 unspecified atom stereocenters. The number of carbonyl (C=O) groups excluding carboxylic acids is 2. The summed E-state index contributed by atoms with van der Waals surface area (Å²) in [5.41, 5.74) is 1.12. The summed E-state index contributed by atoms with van der Waals surface area (Å²) in [5.74, 6) is -0.647.